The molecule has 0 saturated heterocycles. The SMILES string of the molecule is CCNC(Cc1cncc(Br)c1)c1ccsc1. The molecule has 1 atom stereocenters. The summed E-state index contributed by atoms with van der Waals surface area (Å²) in [5.41, 5.74) is 2.60. The van der Waals surface area contributed by atoms with Gasteiger partial charge in [-0.15, -0.1) is 0 Å². The molecule has 0 aromatic carbocycles. The van der Waals surface area contributed by atoms with Crippen LogP contribution in [0.5, 0.6) is 0 Å². The molecule has 1 N–H and O–H groups in total. The third-order valence-corrected chi connectivity index (χ3v) is 3.73. The Bertz CT molecular complexity index is 456. The zero-order valence-electron chi connectivity index (χ0n) is 9.69. The van der Waals surface area contributed by atoms with Gasteiger partial charge in [-0.1, -0.05) is 6.92 Å². The van der Waals surface area contributed by atoms with Crippen LogP contribution in [0.15, 0.2) is 39.8 Å². The molecule has 2 aromatic heterocycles. The lowest BCUT2D eigenvalue weighted by molar-refractivity contribution is 0.550. The Hall–Kier alpha value is -0.710. The first-order valence-corrected chi connectivity index (χ1v) is 7.38. The van der Waals surface area contributed by atoms with Crippen LogP contribution in [0.1, 0.15) is 24.1 Å². The lowest BCUT2D eigenvalue weighted by atomic mass is 10.0. The fraction of sp³-hybridized carbons (Fsp3) is 0.308. The highest BCUT2D eigenvalue weighted by atomic mass is 79.9. The first-order chi connectivity index (χ1) is 8.29. The van der Waals surface area contributed by atoms with Crippen LogP contribution in [0.3, 0.4) is 0 Å². The smallest absolute Gasteiger partial charge is 0.0410 e. The summed E-state index contributed by atoms with van der Waals surface area (Å²) in [4.78, 5) is 4.21. The molecular formula is C13H15BrN2S. The first kappa shape index (κ1) is 12.7. The molecule has 90 valence electrons. The molecule has 4 heteroatoms. The highest BCUT2D eigenvalue weighted by Gasteiger charge is 2.11. The molecular weight excluding hydrogens is 296 g/mol. The minimum Gasteiger partial charge on any atom is -0.310 e. The number of nitrogens with zero attached hydrogens (tertiary/aromatic N) is 1. The molecule has 0 aliphatic rings. The third-order valence-electron chi connectivity index (χ3n) is 2.60. The number of hydrogen-bond acceptors (Lipinski definition) is 3. The summed E-state index contributed by atoms with van der Waals surface area (Å²) in [7, 11) is 0. The van der Waals surface area contributed by atoms with Crippen molar-refractivity contribution < 1.29 is 0 Å². The molecule has 2 nitrogen and oxygen atoms in total. The number of halogens is 1. The third kappa shape index (κ3) is 3.63. The van der Waals surface area contributed by atoms with E-state index in [1.54, 1.807) is 11.3 Å². The van der Waals surface area contributed by atoms with Gasteiger partial charge in [0.25, 0.3) is 0 Å². The van der Waals surface area contributed by atoms with Gasteiger partial charge in [-0.25, -0.2) is 0 Å². The van der Waals surface area contributed by atoms with Crippen molar-refractivity contribution in [3.05, 3.63) is 50.9 Å². The van der Waals surface area contributed by atoms with Gasteiger partial charge in [-0.2, -0.15) is 11.3 Å². The molecule has 1 unspecified atom stereocenters. The van der Waals surface area contributed by atoms with E-state index < -0.39 is 0 Å². The number of rotatable bonds is 5. The molecule has 0 aliphatic carbocycles. The molecule has 0 saturated carbocycles. The van der Waals surface area contributed by atoms with Crippen LogP contribution in [0.25, 0.3) is 0 Å². The van der Waals surface area contributed by atoms with Crippen LogP contribution in [0.2, 0.25) is 0 Å². The Morgan fingerprint density at radius 1 is 1.47 bits per heavy atom. The van der Waals surface area contributed by atoms with Crippen LogP contribution in [0, 0.1) is 0 Å². The maximum absolute atomic E-state index is 4.21. The van der Waals surface area contributed by atoms with E-state index in [-0.39, 0.29) is 0 Å². The van der Waals surface area contributed by atoms with E-state index in [1.165, 1.54) is 11.1 Å². The highest BCUT2D eigenvalue weighted by molar-refractivity contribution is 9.10. The Kier molecular flexibility index (Phi) is 4.71. The molecule has 17 heavy (non-hydrogen) atoms. The van der Waals surface area contributed by atoms with Crippen molar-refractivity contribution in [2.45, 2.75) is 19.4 Å². The zero-order chi connectivity index (χ0) is 12.1. The van der Waals surface area contributed by atoms with Crippen molar-refractivity contribution in [1.82, 2.24) is 10.3 Å². The maximum atomic E-state index is 4.21. The Morgan fingerprint density at radius 2 is 2.35 bits per heavy atom. The van der Waals surface area contributed by atoms with Gasteiger partial charge in [0.2, 0.25) is 0 Å². The topological polar surface area (TPSA) is 24.9 Å². The van der Waals surface area contributed by atoms with Crippen LogP contribution in [-0.4, -0.2) is 11.5 Å². The van der Waals surface area contributed by atoms with Crippen LogP contribution < -0.4 is 5.32 Å². The van der Waals surface area contributed by atoms with Gasteiger partial charge in [0.05, 0.1) is 0 Å². The summed E-state index contributed by atoms with van der Waals surface area (Å²) in [6.07, 6.45) is 4.72. The first-order valence-electron chi connectivity index (χ1n) is 5.64. The van der Waals surface area contributed by atoms with Crippen molar-refractivity contribution >= 4 is 27.3 Å². The van der Waals surface area contributed by atoms with E-state index in [1.807, 2.05) is 12.4 Å². The molecule has 2 aromatic rings. The minimum atomic E-state index is 0.377. The fourth-order valence-corrected chi connectivity index (χ4v) is 2.96. The largest absolute Gasteiger partial charge is 0.310 e. The summed E-state index contributed by atoms with van der Waals surface area (Å²) >= 11 is 5.20. The summed E-state index contributed by atoms with van der Waals surface area (Å²) < 4.78 is 1.04. The molecule has 0 aliphatic heterocycles. The van der Waals surface area contributed by atoms with E-state index in [2.05, 4.69) is 56.0 Å². The van der Waals surface area contributed by atoms with Crippen LogP contribution >= 0.6 is 27.3 Å². The molecule has 0 fully saturated rings. The second-order valence-corrected chi connectivity index (χ2v) is 5.58. The highest BCUT2D eigenvalue weighted by Crippen LogP contribution is 2.21. The van der Waals surface area contributed by atoms with E-state index in [9.17, 15) is 0 Å². The van der Waals surface area contributed by atoms with E-state index in [4.69, 9.17) is 0 Å². The van der Waals surface area contributed by atoms with Gasteiger partial charge in [-0.05, 0) is 62.9 Å². The summed E-state index contributed by atoms with van der Waals surface area (Å²) in [5, 5.41) is 7.85. The van der Waals surface area contributed by atoms with Gasteiger partial charge in [0, 0.05) is 22.9 Å². The Balaban J connectivity index is 2.13. The van der Waals surface area contributed by atoms with E-state index >= 15 is 0 Å². The number of nitrogens with one attached hydrogen (secondary N) is 1. The number of pyridine rings is 1. The summed E-state index contributed by atoms with van der Waals surface area (Å²) in [6, 6.07) is 4.69. The standard InChI is InChI=1S/C13H15BrN2S/c1-2-16-13(11-3-4-17-9-11)6-10-5-12(14)8-15-7-10/h3-5,7-9,13,16H,2,6H2,1H3. The number of hydrogen-bond donors (Lipinski definition) is 1. The van der Waals surface area contributed by atoms with Crippen molar-refractivity contribution in [2.24, 2.45) is 0 Å². The molecule has 0 radical (unpaired) electrons. The van der Waals surface area contributed by atoms with Gasteiger partial charge in [0.15, 0.2) is 0 Å². The van der Waals surface area contributed by atoms with Crippen molar-refractivity contribution in [1.29, 1.82) is 0 Å². The fourth-order valence-electron chi connectivity index (χ4n) is 1.83. The molecule has 2 heterocycles. The van der Waals surface area contributed by atoms with Gasteiger partial charge in [-0.3, -0.25) is 4.98 Å². The quantitative estimate of drug-likeness (QED) is 0.908. The Labute approximate surface area is 114 Å². The van der Waals surface area contributed by atoms with Gasteiger partial charge >= 0.3 is 0 Å². The molecule has 0 spiro atoms. The predicted molar refractivity (Wildman–Crippen MR) is 76.4 cm³/mol. The van der Waals surface area contributed by atoms with Gasteiger partial charge < -0.3 is 5.32 Å². The number of aromatic nitrogens is 1. The number of likely N-dealkylation sites (N-methyl/N-ethyl adjacent to an activating group) is 1. The molecule has 2 rings (SSSR count). The van der Waals surface area contributed by atoms with Gasteiger partial charge in [0.1, 0.15) is 0 Å². The van der Waals surface area contributed by atoms with Crippen molar-refractivity contribution in [3.8, 4) is 0 Å². The maximum Gasteiger partial charge on any atom is 0.0410 e. The van der Waals surface area contributed by atoms with Crippen molar-refractivity contribution in [2.75, 3.05) is 6.54 Å². The second-order valence-electron chi connectivity index (χ2n) is 3.88. The molecule has 0 amide bonds. The van der Waals surface area contributed by atoms with Crippen LogP contribution in [0.4, 0.5) is 0 Å². The lowest BCUT2D eigenvalue weighted by Gasteiger charge is -2.16. The summed E-state index contributed by atoms with van der Waals surface area (Å²) in [6.45, 7) is 3.11. The number of thiophene rings is 1. The van der Waals surface area contributed by atoms with Crippen LogP contribution in [-0.2, 0) is 6.42 Å². The predicted octanol–water partition coefficient (Wildman–Crippen LogP) is 3.80. The summed E-state index contributed by atoms with van der Waals surface area (Å²) in [5.74, 6) is 0. The normalized spacial score (nSPS) is 12.6. The molecule has 0 bridgehead atoms. The average molecular weight is 311 g/mol. The monoisotopic (exact) mass is 310 g/mol. The lowest BCUT2D eigenvalue weighted by Crippen LogP contribution is -2.22. The van der Waals surface area contributed by atoms with E-state index in [0.717, 1.165) is 17.4 Å². The van der Waals surface area contributed by atoms with E-state index in [0.29, 0.717) is 6.04 Å². The average Bonchev–Trinajstić information content (AvgIpc) is 2.82. The van der Waals surface area contributed by atoms with Crippen molar-refractivity contribution in [3.63, 3.8) is 0 Å². The Morgan fingerprint density at radius 3 is 3.00 bits per heavy atom. The minimum absolute atomic E-state index is 0.377. The zero-order valence-corrected chi connectivity index (χ0v) is 12.1. The second kappa shape index (κ2) is 6.28.